The Morgan fingerprint density at radius 1 is 1.00 bits per heavy atom. The van der Waals surface area contributed by atoms with Crippen molar-refractivity contribution < 1.29 is 19.1 Å². The molecule has 4 nitrogen and oxygen atoms in total. The van der Waals surface area contributed by atoms with Gasteiger partial charge in [-0.2, -0.15) is 0 Å². The summed E-state index contributed by atoms with van der Waals surface area (Å²) in [5.41, 5.74) is -0.0372. The Kier molecular flexibility index (Phi) is 5.95. The molecule has 0 saturated carbocycles. The molecule has 0 amide bonds. The number of benzene rings is 1. The summed E-state index contributed by atoms with van der Waals surface area (Å²) >= 11 is 0. The molecular formula is C15H22O4Si. The molecule has 0 aliphatic carbocycles. The number of carbonyl (C=O) groups is 2. The third kappa shape index (κ3) is 4.20. The van der Waals surface area contributed by atoms with Crippen LogP contribution in [0.1, 0.15) is 12.8 Å². The number of rotatable bonds is 6. The maximum Gasteiger partial charge on any atom is 0.305 e. The molecule has 0 atom stereocenters. The zero-order valence-electron chi connectivity index (χ0n) is 12.5. The van der Waals surface area contributed by atoms with Gasteiger partial charge in [0.15, 0.2) is 0 Å². The first kappa shape index (κ1) is 16.4. The molecule has 0 unspecified atom stereocenters. The Morgan fingerprint density at radius 3 is 1.85 bits per heavy atom. The summed E-state index contributed by atoms with van der Waals surface area (Å²) in [7, 11) is 0.771. The first-order valence-corrected chi connectivity index (χ1v) is 9.68. The highest BCUT2D eigenvalue weighted by Crippen LogP contribution is 2.30. The molecular weight excluding hydrogens is 272 g/mol. The summed E-state index contributed by atoms with van der Waals surface area (Å²) in [6.07, 6.45) is 0.499. The van der Waals surface area contributed by atoms with Crippen molar-refractivity contribution in [1.29, 1.82) is 0 Å². The lowest BCUT2D eigenvalue weighted by Crippen LogP contribution is -2.47. The van der Waals surface area contributed by atoms with E-state index in [1.165, 1.54) is 19.4 Å². The summed E-state index contributed by atoms with van der Waals surface area (Å²) in [5.74, 6) is -0.564. The Balaban J connectivity index is 3.01. The summed E-state index contributed by atoms with van der Waals surface area (Å²) in [6.45, 7) is 4.33. The molecule has 0 spiro atoms. The quantitative estimate of drug-likeness (QED) is 0.595. The molecule has 20 heavy (non-hydrogen) atoms. The average Bonchev–Trinajstić information content (AvgIpc) is 2.46. The van der Waals surface area contributed by atoms with E-state index < -0.39 is 8.07 Å². The molecule has 5 heteroatoms. The minimum absolute atomic E-state index is 0.0372. The molecule has 1 aromatic rings. The molecule has 0 aromatic heterocycles. The van der Waals surface area contributed by atoms with Crippen LogP contribution >= 0.6 is 0 Å². The topological polar surface area (TPSA) is 52.6 Å². The minimum atomic E-state index is -1.97. The molecule has 1 aromatic carbocycles. The van der Waals surface area contributed by atoms with Crippen LogP contribution in [0.15, 0.2) is 30.3 Å². The predicted octanol–water partition coefficient (Wildman–Crippen LogP) is 2.10. The van der Waals surface area contributed by atoms with E-state index in [4.69, 9.17) is 9.47 Å². The van der Waals surface area contributed by atoms with Crippen molar-refractivity contribution in [2.45, 2.75) is 31.5 Å². The molecule has 0 saturated heterocycles. The van der Waals surface area contributed by atoms with E-state index in [0.717, 1.165) is 0 Å². The fraction of sp³-hybridized carbons (Fsp3) is 0.467. The van der Waals surface area contributed by atoms with Gasteiger partial charge in [-0.15, -0.1) is 0 Å². The summed E-state index contributed by atoms with van der Waals surface area (Å²) in [6, 6.07) is 10.1. The average molecular weight is 294 g/mol. The summed E-state index contributed by atoms with van der Waals surface area (Å²) in [5, 5.41) is 1.22. The van der Waals surface area contributed by atoms with E-state index in [9.17, 15) is 9.59 Å². The zero-order chi connectivity index (χ0) is 15.2. The van der Waals surface area contributed by atoms with E-state index in [-0.39, 0.29) is 30.3 Å². The van der Waals surface area contributed by atoms with Crippen LogP contribution in [0.4, 0.5) is 0 Å². The van der Waals surface area contributed by atoms with Crippen LogP contribution < -0.4 is 5.19 Å². The molecule has 0 aliphatic heterocycles. The summed E-state index contributed by atoms with van der Waals surface area (Å²) in [4.78, 5) is 23.2. The van der Waals surface area contributed by atoms with Crippen molar-refractivity contribution >= 4 is 25.2 Å². The highest BCUT2D eigenvalue weighted by atomic mass is 28.3. The van der Waals surface area contributed by atoms with Crippen LogP contribution in [0.3, 0.4) is 0 Å². The zero-order valence-corrected chi connectivity index (χ0v) is 13.5. The van der Waals surface area contributed by atoms with Crippen LogP contribution in [-0.2, 0) is 19.1 Å². The number of hydrogen-bond acceptors (Lipinski definition) is 4. The number of methoxy groups -OCH3 is 2. The van der Waals surface area contributed by atoms with Crippen molar-refractivity contribution in [2.24, 2.45) is 0 Å². The largest absolute Gasteiger partial charge is 0.469 e. The van der Waals surface area contributed by atoms with Crippen LogP contribution in [0.2, 0.25) is 18.6 Å². The van der Waals surface area contributed by atoms with E-state index in [0.29, 0.717) is 0 Å². The lowest BCUT2D eigenvalue weighted by atomic mass is 10.2. The maximum absolute atomic E-state index is 11.6. The SMILES string of the molecule is COC(=O)CC(CC(=O)OC)[Si](C)(C)c1ccccc1. The van der Waals surface area contributed by atoms with Gasteiger partial charge in [0.25, 0.3) is 0 Å². The first-order valence-electron chi connectivity index (χ1n) is 6.61. The van der Waals surface area contributed by atoms with E-state index in [1.54, 1.807) is 0 Å². The van der Waals surface area contributed by atoms with Crippen LogP contribution in [0.5, 0.6) is 0 Å². The van der Waals surface area contributed by atoms with Gasteiger partial charge in [0, 0.05) is 12.8 Å². The maximum atomic E-state index is 11.6. The molecule has 1 rings (SSSR count). The molecule has 0 fully saturated rings. The number of hydrogen-bond donors (Lipinski definition) is 0. The number of esters is 2. The van der Waals surface area contributed by atoms with Gasteiger partial charge < -0.3 is 9.47 Å². The smallest absolute Gasteiger partial charge is 0.305 e. The van der Waals surface area contributed by atoms with Crippen molar-refractivity contribution in [2.75, 3.05) is 14.2 Å². The number of ether oxygens (including phenoxy) is 2. The Labute approximate surface area is 121 Å². The first-order chi connectivity index (χ1) is 9.41. The Bertz CT molecular complexity index is 438. The second-order valence-corrected chi connectivity index (χ2v) is 10.2. The minimum Gasteiger partial charge on any atom is -0.469 e. The van der Waals surface area contributed by atoms with Crippen LogP contribution in [-0.4, -0.2) is 34.2 Å². The van der Waals surface area contributed by atoms with Crippen molar-refractivity contribution in [3.8, 4) is 0 Å². The van der Waals surface area contributed by atoms with Crippen LogP contribution in [0, 0.1) is 0 Å². The second-order valence-electron chi connectivity index (χ2n) is 5.35. The fourth-order valence-corrected chi connectivity index (χ4v) is 5.13. The Hall–Kier alpha value is -1.62. The summed E-state index contributed by atoms with van der Waals surface area (Å²) < 4.78 is 9.52. The van der Waals surface area contributed by atoms with Gasteiger partial charge in [-0.1, -0.05) is 48.6 Å². The standard InChI is InChI=1S/C15H22O4Si/c1-18-14(16)10-13(11-15(17)19-2)20(3,4)12-8-6-5-7-9-12/h5-9,13H,10-11H2,1-4H3. The van der Waals surface area contributed by atoms with Crippen molar-refractivity contribution in [3.05, 3.63) is 30.3 Å². The fourth-order valence-electron chi connectivity index (χ4n) is 2.25. The van der Waals surface area contributed by atoms with Gasteiger partial charge >= 0.3 is 11.9 Å². The normalized spacial score (nSPS) is 11.2. The molecule has 0 heterocycles. The Morgan fingerprint density at radius 2 is 1.45 bits per heavy atom. The third-order valence-corrected chi connectivity index (χ3v) is 8.09. The monoisotopic (exact) mass is 294 g/mol. The molecule has 110 valence electrons. The second kappa shape index (κ2) is 7.24. The lowest BCUT2D eigenvalue weighted by molar-refractivity contribution is -0.142. The molecule has 0 N–H and O–H groups in total. The van der Waals surface area contributed by atoms with Gasteiger partial charge in [-0.25, -0.2) is 0 Å². The molecule has 0 radical (unpaired) electrons. The van der Waals surface area contributed by atoms with Gasteiger partial charge in [0.05, 0.1) is 22.3 Å². The molecule has 0 aliphatic rings. The van der Waals surface area contributed by atoms with Gasteiger partial charge in [-0.05, 0) is 5.54 Å². The van der Waals surface area contributed by atoms with Gasteiger partial charge in [0.1, 0.15) is 0 Å². The highest BCUT2D eigenvalue weighted by Gasteiger charge is 2.36. The van der Waals surface area contributed by atoms with E-state index >= 15 is 0 Å². The van der Waals surface area contributed by atoms with E-state index in [1.807, 2.05) is 18.2 Å². The van der Waals surface area contributed by atoms with Crippen molar-refractivity contribution in [3.63, 3.8) is 0 Å². The third-order valence-electron chi connectivity index (χ3n) is 3.82. The van der Waals surface area contributed by atoms with Gasteiger partial charge in [-0.3, -0.25) is 9.59 Å². The van der Waals surface area contributed by atoms with E-state index in [2.05, 4.69) is 25.2 Å². The number of carbonyl (C=O) groups excluding carboxylic acids is 2. The lowest BCUT2D eigenvalue weighted by Gasteiger charge is -2.31. The van der Waals surface area contributed by atoms with Gasteiger partial charge in [0.2, 0.25) is 0 Å². The van der Waals surface area contributed by atoms with Crippen LogP contribution in [0.25, 0.3) is 0 Å². The predicted molar refractivity (Wildman–Crippen MR) is 80.6 cm³/mol. The van der Waals surface area contributed by atoms with Crippen molar-refractivity contribution in [1.82, 2.24) is 0 Å². The highest BCUT2D eigenvalue weighted by molar-refractivity contribution is 6.91. The molecule has 0 bridgehead atoms.